The van der Waals surface area contributed by atoms with Crippen LogP contribution in [0.1, 0.15) is 81.4 Å². The van der Waals surface area contributed by atoms with Gasteiger partial charge in [0.25, 0.3) is 11.5 Å². The molecule has 164 valence electrons. The maximum absolute atomic E-state index is 13.0. The van der Waals surface area contributed by atoms with Gasteiger partial charge in [-0.15, -0.1) is 0 Å². The van der Waals surface area contributed by atoms with Gasteiger partial charge in [-0.2, -0.15) is 0 Å². The Morgan fingerprint density at radius 1 is 1.10 bits per heavy atom. The van der Waals surface area contributed by atoms with Gasteiger partial charge in [0.15, 0.2) is 0 Å². The number of rotatable bonds is 3. The van der Waals surface area contributed by atoms with E-state index in [-0.39, 0.29) is 23.6 Å². The third-order valence-corrected chi connectivity index (χ3v) is 7.67. The average molecular weight is 415 g/mol. The normalized spacial score (nSPS) is 32.4. The SMILES string of the molecule is CC1CCC(N2CCc3nc([C@@H]4CCCN4C(=O)[C@H]4CCCO4)[nH]c(=O)c3C2)CC1. The van der Waals surface area contributed by atoms with Gasteiger partial charge in [0.05, 0.1) is 17.3 Å². The summed E-state index contributed by atoms with van der Waals surface area (Å²) in [5.74, 6) is 1.56. The van der Waals surface area contributed by atoms with Crippen molar-refractivity contribution < 1.29 is 9.53 Å². The van der Waals surface area contributed by atoms with E-state index in [4.69, 9.17) is 9.72 Å². The summed E-state index contributed by atoms with van der Waals surface area (Å²) in [6, 6.07) is 0.473. The van der Waals surface area contributed by atoms with Gasteiger partial charge in [-0.25, -0.2) is 4.98 Å². The fourth-order valence-electron chi connectivity index (χ4n) is 5.81. The van der Waals surface area contributed by atoms with Gasteiger partial charge in [0.2, 0.25) is 0 Å². The topological polar surface area (TPSA) is 78.5 Å². The van der Waals surface area contributed by atoms with E-state index < -0.39 is 0 Å². The van der Waals surface area contributed by atoms with E-state index in [1.807, 2.05) is 4.90 Å². The predicted octanol–water partition coefficient (Wildman–Crippen LogP) is 2.55. The molecule has 0 unspecified atom stereocenters. The second-order valence-corrected chi connectivity index (χ2v) is 9.70. The molecule has 3 fully saturated rings. The van der Waals surface area contributed by atoms with Gasteiger partial charge in [0.1, 0.15) is 11.9 Å². The quantitative estimate of drug-likeness (QED) is 0.822. The van der Waals surface area contributed by atoms with Crippen molar-refractivity contribution in [1.29, 1.82) is 0 Å². The summed E-state index contributed by atoms with van der Waals surface area (Å²) < 4.78 is 5.61. The molecule has 0 aromatic carbocycles. The molecule has 1 aliphatic carbocycles. The molecule has 2 atom stereocenters. The van der Waals surface area contributed by atoms with Crippen molar-refractivity contribution in [3.05, 3.63) is 27.4 Å². The molecule has 4 heterocycles. The van der Waals surface area contributed by atoms with E-state index in [0.29, 0.717) is 25.0 Å². The molecule has 2 saturated heterocycles. The number of nitrogens with zero attached hydrogens (tertiary/aromatic N) is 3. The summed E-state index contributed by atoms with van der Waals surface area (Å²) in [6.07, 6.45) is 9.10. The maximum atomic E-state index is 13.0. The summed E-state index contributed by atoms with van der Waals surface area (Å²) in [7, 11) is 0. The first kappa shape index (κ1) is 20.2. The molecule has 7 nitrogen and oxygen atoms in total. The Balaban J connectivity index is 1.33. The van der Waals surface area contributed by atoms with Crippen molar-refractivity contribution in [3.63, 3.8) is 0 Å². The molecular formula is C23H34N4O3. The highest BCUT2D eigenvalue weighted by atomic mass is 16.5. The van der Waals surface area contributed by atoms with Crippen LogP contribution in [-0.4, -0.2) is 57.5 Å². The van der Waals surface area contributed by atoms with Gasteiger partial charge in [-0.1, -0.05) is 6.92 Å². The third-order valence-electron chi connectivity index (χ3n) is 7.67. The highest BCUT2D eigenvalue weighted by Crippen LogP contribution is 2.33. The van der Waals surface area contributed by atoms with Crippen LogP contribution in [0, 0.1) is 5.92 Å². The molecule has 4 aliphatic rings. The number of likely N-dealkylation sites (tertiary alicyclic amines) is 1. The first-order valence-electron chi connectivity index (χ1n) is 11.9. The maximum Gasteiger partial charge on any atom is 0.255 e. The van der Waals surface area contributed by atoms with Crippen LogP contribution in [-0.2, 0) is 22.5 Å². The summed E-state index contributed by atoms with van der Waals surface area (Å²) in [5, 5.41) is 0. The lowest BCUT2D eigenvalue weighted by atomic mass is 9.86. The van der Waals surface area contributed by atoms with Crippen LogP contribution >= 0.6 is 0 Å². The zero-order valence-electron chi connectivity index (χ0n) is 18.1. The monoisotopic (exact) mass is 414 g/mol. The van der Waals surface area contributed by atoms with E-state index in [9.17, 15) is 9.59 Å². The van der Waals surface area contributed by atoms with E-state index in [0.717, 1.165) is 62.4 Å². The molecule has 7 heteroatoms. The Morgan fingerprint density at radius 2 is 1.93 bits per heavy atom. The van der Waals surface area contributed by atoms with E-state index in [2.05, 4.69) is 16.8 Å². The minimum absolute atomic E-state index is 0.0136. The molecule has 0 bridgehead atoms. The summed E-state index contributed by atoms with van der Waals surface area (Å²) in [6.45, 7) is 5.41. The van der Waals surface area contributed by atoms with Crippen molar-refractivity contribution >= 4 is 5.91 Å². The molecule has 1 saturated carbocycles. The molecule has 5 rings (SSSR count). The van der Waals surface area contributed by atoms with E-state index in [1.165, 1.54) is 25.7 Å². The van der Waals surface area contributed by atoms with Crippen LogP contribution in [0.4, 0.5) is 0 Å². The summed E-state index contributed by atoms with van der Waals surface area (Å²) >= 11 is 0. The van der Waals surface area contributed by atoms with Crippen LogP contribution in [0.2, 0.25) is 0 Å². The number of ether oxygens (including phenoxy) is 1. The van der Waals surface area contributed by atoms with Gasteiger partial charge in [-0.3, -0.25) is 14.5 Å². The van der Waals surface area contributed by atoms with Crippen LogP contribution < -0.4 is 5.56 Å². The van der Waals surface area contributed by atoms with Crippen LogP contribution in [0.15, 0.2) is 4.79 Å². The van der Waals surface area contributed by atoms with E-state index >= 15 is 0 Å². The molecule has 1 aromatic rings. The molecule has 0 radical (unpaired) electrons. The number of aromatic nitrogens is 2. The van der Waals surface area contributed by atoms with Gasteiger partial charge < -0.3 is 14.6 Å². The lowest BCUT2D eigenvalue weighted by molar-refractivity contribution is -0.142. The Morgan fingerprint density at radius 3 is 2.70 bits per heavy atom. The third kappa shape index (κ3) is 3.82. The number of H-pyrrole nitrogens is 1. The molecular weight excluding hydrogens is 380 g/mol. The first-order chi connectivity index (χ1) is 14.6. The van der Waals surface area contributed by atoms with Crippen LogP contribution in [0.25, 0.3) is 0 Å². The van der Waals surface area contributed by atoms with Crippen LogP contribution in [0.5, 0.6) is 0 Å². The summed E-state index contributed by atoms with van der Waals surface area (Å²) in [4.78, 5) is 38.3. The van der Waals surface area contributed by atoms with Crippen molar-refractivity contribution in [2.24, 2.45) is 5.92 Å². The van der Waals surface area contributed by atoms with Gasteiger partial charge >= 0.3 is 0 Å². The number of amides is 1. The number of nitrogens with one attached hydrogen (secondary N) is 1. The number of aromatic amines is 1. The second-order valence-electron chi connectivity index (χ2n) is 9.70. The zero-order chi connectivity index (χ0) is 20.7. The van der Waals surface area contributed by atoms with Gasteiger partial charge in [-0.05, 0) is 57.3 Å². The largest absolute Gasteiger partial charge is 0.368 e. The Bertz CT molecular complexity index is 839. The van der Waals surface area contributed by atoms with E-state index in [1.54, 1.807) is 0 Å². The van der Waals surface area contributed by atoms with Crippen molar-refractivity contribution in [1.82, 2.24) is 19.8 Å². The number of hydrogen-bond donors (Lipinski definition) is 1. The molecule has 3 aliphatic heterocycles. The minimum Gasteiger partial charge on any atom is -0.368 e. The number of carbonyl (C=O) groups excluding carboxylic acids is 1. The highest BCUT2D eigenvalue weighted by Gasteiger charge is 2.38. The average Bonchev–Trinajstić information content (AvgIpc) is 3.46. The van der Waals surface area contributed by atoms with Crippen molar-refractivity contribution in [2.45, 2.75) is 89.4 Å². The van der Waals surface area contributed by atoms with Crippen molar-refractivity contribution in [2.75, 3.05) is 19.7 Å². The van der Waals surface area contributed by atoms with Gasteiger partial charge in [0, 0.05) is 38.7 Å². The predicted molar refractivity (Wildman–Crippen MR) is 113 cm³/mol. The first-order valence-corrected chi connectivity index (χ1v) is 11.9. The fraction of sp³-hybridized carbons (Fsp3) is 0.783. The minimum atomic E-state index is -0.318. The Hall–Kier alpha value is -1.73. The van der Waals surface area contributed by atoms with Crippen LogP contribution in [0.3, 0.4) is 0 Å². The Kier molecular flexibility index (Phi) is 5.67. The molecule has 0 spiro atoms. The fourth-order valence-corrected chi connectivity index (χ4v) is 5.81. The molecule has 1 aromatic heterocycles. The van der Waals surface area contributed by atoms with Crippen molar-refractivity contribution in [3.8, 4) is 0 Å². The lowest BCUT2D eigenvalue weighted by Crippen LogP contribution is -2.44. The molecule has 1 N–H and O–H groups in total. The standard InChI is InChI=1S/C23H34N4O3/c1-15-6-8-16(9-7-15)26-12-10-18-17(14-26)22(28)25-21(24-18)19-4-2-11-27(19)23(29)20-5-3-13-30-20/h15-16,19-20H,2-14H2,1H3,(H,24,25,28)/t15?,16?,19-,20+/m0/s1. The Labute approximate surface area is 178 Å². The smallest absolute Gasteiger partial charge is 0.255 e. The zero-order valence-corrected chi connectivity index (χ0v) is 18.1. The molecule has 30 heavy (non-hydrogen) atoms. The highest BCUT2D eigenvalue weighted by molar-refractivity contribution is 5.81. The second kappa shape index (κ2) is 8.42. The number of carbonyl (C=O) groups is 1. The number of fused-ring (bicyclic) bond motifs is 1. The molecule has 1 amide bonds. The lowest BCUT2D eigenvalue weighted by Gasteiger charge is -2.38. The number of hydrogen-bond acceptors (Lipinski definition) is 5. The summed E-state index contributed by atoms with van der Waals surface area (Å²) in [5.41, 5.74) is 1.75.